The summed E-state index contributed by atoms with van der Waals surface area (Å²) in [4.78, 5) is 31.6. The van der Waals surface area contributed by atoms with Crippen molar-refractivity contribution >= 4 is 16.9 Å². The van der Waals surface area contributed by atoms with E-state index in [0.29, 0.717) is 26.2 Å². The number of hydrogen-bond donors (Lipinski definition) is 2. The van der Waals surface area contributed by atoms with Crippen LogP contribution in [0.5, 0.6) is 0 Å². The monoisotopic (exact) mass is 329 g/mol. The Bertz CT molecular complexity index is 790. The fourth-order valence-electron chi connectivity index (χ4n) is 3.76. The fraction of sp³-hybridized carbons (Fsp3) is 0.556. The molecule has 1 aromatic heterocycles. The normalized spacial score (nSPS) is 21.8. The predicted octanol–water partition coefficient (Wildman–Crippen LogP) is 1.82. The third-order valence-electron chi connectivity index (χ3n) is 5.31. The number of rotatable bonds is 4. The molecule has 6 nitrogen and oxygen atoms in total. The molecule has 1 amide bonds. The van der Waals surface area contributed by atoms with Crippen LogP contribution in [0.3, 0.4) is 0 Å². The summed E-state index contributed by atoms with van der Waals surface area (Å²) in [6.07, 6.45) is 5.33. The highest BCUT2D eigenvalue weighted by Gasteiger charge is 2.31. The van der Waals surface area contributed by atoms with Gasteiger partial charge in [0.05, 0.1) is 36.7 Å². The van der Waals surface area contributed by atoms with E-state index in [-0.39, 0.29) is 17.6 Å². The van der Waals surface area contributed by atoms with E-state index in [4.69, 9.17) is 4.74 Å². The second-order valence-corrected chi connectivity index (χ2v) is 6.98. The average molecular weight is 329 g/mol. The number of imidazole rings is 1. The third-order valence-corrected chi connectivity index (χ3v) is 5.31. The van der Waals surface area contributed by atoms with Gasteiger partial charge in [0.25, 0.3) is 0 Å². The molecule has 4 rings (SSSR count). The predicted molar refractivity (Wildman–Crippen MR) is 90.9 cm³/mol. The topological polar surface area (TPSA) is 78.2 Å². The quantitative estimate of drug-likeness (QED) is 0.898. The number of morpholine rings is 1. The molecule has 1 saturated carbocycles. The van der Waals surface area contributed by atoms with Crippen molar-refractivity contribution in [3.05, 3.63) is 34.2 Å². The van der Waals surface area contributed by atoms with Crippen LogP contribution in [0, 0.1) is 5.92 Å². The number of hydrogen-bond acceptors (Lipinski definition) is 3. The van der Waals surface area contributed by atoms with E-state index in [1.54, 1.807) is 0 Å². The molecule has 0 bridgehead atoms. The average Bonchev–Trinajstić information content (AvgIpc) is 2.90. The van der Waals surface area contributed by atoms with Crippen LogP contribution in [0.4, 0.5) is 0 Å². The summed E-state index contributed by atoms with van der Waals surface area (Å²) in [5.41, 5.74) is 2.22. The molecular formula is C18H23N3O3. The third kappa shape index (κ3) is 3.11. The standard InChI is InChI=1S/C18H23N3O3/c22-17(10-13-4-5-15-16(9-13)20-18(23)19-15)21-6-7-24-11-14(21)8-12-2-1-3-12/h4-5,9,12,14H,1-3,6-8,10-11H2,(H2,19,20,23). The molecule has 1 atom stereocenters. The van der Waals surface area contributed by atoms with Gasteiger partial charge in [-0.05, 0) is 30.0 Å². The first-order chi connectivity index (χ1) is 11.7. The van der Waals surface area contributed by atoms with Crippen LogP contribution < -0.4 is 5.69 Å². The number of aromatic nitrogens is 2. The number of nitrogens with zero attached hydrogens (tertiary/aromatic N) is 1. The zero-order valence-electron chi connectivity index (χ0n) is 13.7. The van der Waals surface area contributed by atoms with Gasteiger partial charge in [0.15, 0.2) is 0 Å². The Kier molecular flexibility index (Phi) is 4.14. The van der Waals surface area contributed by atoms with Crippen LogP contribution >= 0.6 is 0 Å². The van der Waals surface area contributed by atoms with Crippen molar-refractivity contribution in [2.75, 3.05) is 19.8 Å². The zero-order valence-corrected chi connectivity index (χ0v) is 13.7. The number of ether oxygens (including phenoxy) is 1. The van der Waals surface area contributed by atoms with Crippen LogP contribution in [-0.4, -0.2) is 46.6 Å². The van der Waals surface area contributed by atoms with Crippen molar-refractivity contribution in [2.24, 2.45) is 5.92 Å². The molecule has 1 unspecified atom stereocenters. The van der Waals surface area contributed by atoms with Crippen molar-refractivity contribution in [3.8, 4) is 0 Å². The van der Waals surface area contributed by atoms with E-state index < -0.39 is 0 Å². The van der Waals surface area contributed by atoms with Crippen molar-refractivity contribution in [3.63, 3.8) is 0 Å². The second-order valence-electron chi connectivity index (χ2n) is 6.98. The Labute approximate surface area is 140 Å². The van der Waals surface area contributed by atoms with Gasteiger partial charge in [-0.1, -0.05) is 25.3 Å². The molecule has 2 N–H and O–H groups in total. The minimum atomic E-state index is -0.220. The number of aromatic amines is 2. The molecule has 2 fully saturated rings. The van der Waals surface area contributed by atoms with E-state index >= 15 is 0 Å². The number of amides is 1. The Morgan fingerprint density at radius 2 is 2.08 bits per heavy atom. The molecule has 6 heteroatoms. The van der Waals surface area contributed by atoms with Crippen molar-refractivity contribution in [2.45, 2.75) is 38.1 Å². The molecule has 1 aliphatic heterocycles. The lowest BCUT2D eigenvalue weighted by Gasteiger charge is -2.39. The zero-order chi connectivity index (χ0) is 16.5. The first-order valence-electron chi connectivity index (χ1n) is 8.77. The lowest BCUT2D eigenvalue weighted by molar-refractivity contribution is -0.140. The smallest absolute Gasteiger partial charge is 0.323 e. The summed E-state index contributed by atoms with van der Waals surface area (Å²) in [5.74, 6) is 0.910. The highest BCUT2D eigenvalue weighted by Crippen LogP contribution is 2.32. The van der Waals surface area contributed by atoms with Crippen molar-refractivity contribution in [1.82, 2.24) is 14.9 Å². The van der Waals surface area contributed by atoms with Gasteiger partial charge in [-0.2, -0.15) is 0 Å². The summed E-state index contributed by atoms with van der Waals surface area (Å²) in [7, 11) is 0. The number of carbonyl (C=O) groups excluding carboxylic acids is 1. The summed E-state index contributed by atoms with van der Waals surface area (Å²) >= 11 is 0. The maximum Gasteiger partial charge on any atom is 0.323 e. The van der Waals surface area contributed by atoms with E-state index in [1.165, 1.54) is 19.3 Å². The minimum absolute atomic E-state index is 0.153. The molecule has 2 heterocycles. The van der Waals surface area contributed by atoms with Gasteiger partial charge in [0.2, 0.25) is 5.91 Å². The molecule has 0 radical (unpaired) electrons. The lowest BCUT2D eigenvalue weighted by Crippen LogP contribution is -2.50. The van der Waals surface area contributed by atoms with Gasteiger partial charge in [-0.3, -0.25) is 4.79 Å². The maximum absolute atomic E-state index is 12.8. The minimum Gasteiger partial charge on any atom is -0.377 e. The summed E-state index contributed by atoms with van der Waals surface area (Å²) in [6.45, 7) is 1.96. The molecule has 1 saturated heterocycles. The van der Waals surface area contributed by atoms with Crippen LogP contribution in [-0.2, 0) is 16.0 Å². The molecule has 2 aromatic rings. The SMILES string of the molecule is O=C(Cc1ccc2[nH]c(=O)[nH]c2c1)N1CCOCC1CC1CCC1. The van der Waals surface area contributed by atoms with E-state index in [0.717, 1.165) is 28.9 Å². The molecular weight excluding hydrogens is 306 g/mol. The molecule has 1 aliphatic carbocycles. The number of nitrogens with one attached hydrogen (secondary N) is 2. The summed E-state index contributed by atoms with van der Waals surface area (Å²) < 4.78 is 5.60. The van der Waals surface area contributed by atoms with Crippen LogP contribution in [0.25, 0.3) is 11.0 Å². The van der Waals surface area contributed by atoms with E-state index in [9.17, 15) is 9.59 Å². The Morgan fingerprint density at radius 1 is 1.25 bits per heavy atom. The Hall–Kier alpha value is -2.08. The maximum atomic E-state index is 12.8. The van der Waals surface area contributed by atoms with Gasteiger partial charge >= 0.3 is 5.69 Å². The Balaban J connectivity index is 1.46. The van der Waals surface area contributed by atoms with Gasteiger partial charge in [-0.25, -0.2) is 4.79 Å². The number of carbonyl (C=O) groups is 1. The van der Waals surface area contributed by atoms with Crippen LogP contribution in [0.1, 0.15) is 31.2 Å². The van der Waals surface area contributed by atoms with Crippen molar-refractivity contribution in [1.29, 1.82) is 0 Å². The van der Waals surface area contributed by atoms with E-state index in [2.05, 4.69) is 9.97 Å². The first kappa shape index (κ1) is 15.4. The number of fused-ring (bicyclic) bond motifs is 1. The van der Waals surface area contributed by atoms with Gasteiger partial charge in [0, 0.05) is 6.54 Å². The van der Waals surface area contributed by atoms with E-state index in [1.807, 2.05) is 23.1 Å². The van der Waals surface area contributed by atoms with Crippen LogP contribution in [0.15, 0.2) is 23.0 Å². The highest BCUT2D eigenvalue weighted by molar-refractivity contribution is 5.82. The molecule has 2 aliphatic rings. The lowest BCUT2D eigenvalue weighted by atomic mass is 9.80. The van der Waals surface area contributed by atoms with Gasteiger partial charge in [-0.15, -0.1) is 0 Å². The summed E-state index contributed by atoms with van der Waals surface area (Å²) in [5, 5.41) is 0. The Morgan fingerprint density at radius 3 is 2.88 bits per heavy atom. The van der Waals surface area contributed by atoms with Crippen LogP contribution in [0.2, 0.25) is 0 Å². The molecule has 24 heavy (non-hydrogen) atoms. The van der Waals surface area contributed by atoms with Crippen molar-refractivity contribution < 1.29 is 9.53 Å². The van der Waals surface area contributed by atoms with Gasteiger partial charge in [0.1, 0.15) is 0 Å². The largest absolute Gasteiger partial charge is 0.377 e. The summed E-state index contributed by atoms with van der Waals surface area (Å²) in [6, 6.07) is 5.85. The fourth-order valence-corrected chi connectivity index (χ4v) is 3.76. The highest BCUT2D eigenvalue weighted by atomic mass is 16.5. The number of H-pyrrole nitrogens is 2. The van der Waals surface area contributed by atoms with Gasteiger partial charge < -0.3 is 19.6 Å². The first-order valence-corrected chi connectivity index (χ1v) is 8.77. The number of benzene rings is 1. The second kappa shape index (κ2) is 6.43. The molecule has 128 valence electrons. The molecule has 0 spiro atoms. The molecule has 1 aromatic carbocycles.